The molecule has 0 aliphatic carbocycles. The van der Waals surface area contributed by atoms with E-state index in [0.717, 1.165) is 24.6 Å². The van der Waals surface area contributed by atoms with E-state index in [4.69, 9.17) is 11.5 Å². The fourth-order valence-electron chi connectivity index (χ4n) is 2.32. The van der Waals surface area contributed by atoms with Crippen molar-refractivity contribution in [3.63, 3.8) is 0 Å². The number of benzene rings is 1. The summed E-state index contributed by atoms with van der Waals surface area (Å²) >= 11 is 0. The molecule has 2 aromatic rings. The molecular weight excluding hydrogens is 240 g/mol. The number of fused-ring (bicyclic) bond motifs is 1. The molecule has 5 nitrogen and oxygen atoms in total. The van der Waals surface area contributed by atoms with Crippen molar-refractivity contribution in [2.24, 2.45) is 5.73 Å². The van der Waals surface area contributed by atoms with Gasteiger partial charge >= 0.3 is 0 Å². The van der Waals surface area contributed by atoms with Gasteiger partial charge in [-0.2, -0.15) is 0 Å². The molecule has 4 N–H and O–H groups in total. The number of nitrogen functional groups attached to an aromatic ring is 1. The van der Waals surface area contributed by atoms with Crippen molar-refractivity contribution in [3.05, 3.63) is 53.2 Å². The quantitative estimate of drug-likeness (QED) is 0.791. The van der Waals surface area contributed by atoms with Crippen LogP contribution in [0.1, 0.15) is 21.5 Å². The molecule has 19 heavy (non-hydrogen) atoms. The number of rotatable bonds is 2. The van der Waals surface area contributed by atoms with E-state index >= 15 is 0 Å². The second kappa shape index (κ2) is 4.28. The minimum absolute atomic E-state index is 0.440. The Labute approximate surface area is 110 Å². The third kappa shape index (κ3) is 2.10. The average Bonchev–Trinajstić information content (AvgIpc) is 2.81. The van der Waals surface area contributed by atoms with E-state index in [2.05, 4.69) is 9.88 Å². The van der Waals surface area contributed by atoms with Crippen LogP contribution in [-0.2, 0) is 13.1 Å². The number of pyridine rings is 1. The number of hydrogen-bond acceptors (Lipinski definition) is 4. The van der Waals surface area contributed by atoms with Crippen molar-refractivity contribution in [2.75, 3.05) is 10.6 Å². The van der Waals surface area contributed by atoms with E-state index in [0.29, 0.717) is 5.56 Å². The Balaban J connectivity index is 1.90. The zero-order valence-electron chi connectivity index (χ0n) is 10.3. The van der Waals surface area contributed by atoms with Crippen molar-refractivity contribution >= 4 is 17.4 Å². The Hall–Kier alpha value is -2.56. The first-order valence-corrected chi connectivity index (χ1v) is 6.01. The van der Waals surface area contributed by atoms with Crippen LogP contribution in [0.25, 0.3) is 0 Å². The van der Waals surface area contributed by atoms with Crippen molar-refractivity contribution in [2.45, 2.75) is 13.1 Å². The number of anilines is 2. The van der Waals surface area contributed by atoms with Crippen LogP contribution >= 0.6 is 0 Å². The summed E-state index contributed by atoms with van der Waals surface area (Å²) in [6.45, 7) is 1.51. The van der Waals surface area contributed by atoms with Crippen LogP contribution in [0, 0.1) is 0 Å². The number of carbonyl (C=O) groups is 1. The van der Waals surface area contributed by atoms with Crippen molar-refractivity contribution < 1.29 is 4.79 Å². The molecule has 1 aliphatic rings. The van der Waals surface area contributed by atoms with E-state index in [1.54, 1.807) is 18.3 Å². The number of carbonyl (C=O) groups excluding carboxylic acids is 1. The molecule has 0 saturated heterocycles. The molecule has 3 rings (SSSR count). The normalized spacial score (nSPS) is 13.4. The van der Waals surface area contributed by atoms with E-state index in [-0.39, 0.29) is 0 Å². The molecule has 1 amide bonds. The maximum Gasteiger partial charge on any atom is 0.248 e. The fraction of sp³-hybridized carbons (Fsp3) is 0.143. The van der Waals surface area contributed by atoms with Gasteiger partial charge in [0.25, 0.3) is 0 Å². The van der Waals surface area contributed by atoms with Crippen LogP contribution < -0.4 is 16.4 Å². The van der Waals surface area contributed by atoms with Gasteiger partial charge in [-0.15, -0.1) is 0 Å². The maximum atomic E-state index is 11.2. The summed E-state index contributed by atoms with van der Waals surface area (Å²) in [5, 5.41) is 0. The third-order valence-electron chi connectivity index (χ3n) is 3.31. The Kier molecular flexibility index (Phi) is 2.59. The van der Waals surface area contributed by atoms with Gasteiger partial charge in [0.15, 0.2) is 0 Å². The Morgan fingerprint density at radius 2 is 1.95 bits per heavy atom. The van der Waals surface area contributed by atoms with E-state index < -0.39 is 5.91 Å². The van der Waals surface area contributed by atoms with Gasteiger partial charge in [0.2, 0.25) is 5.91 Å². The third-order valence-corrected chi connectivity index (χ3v) is 3.31. The molecule has 0 spiro atoms. The lowest BCUT2D eigenvalue weighted by Crippen LogP contribution is -2.18. The molecule has 0 fully saturated rings. The van der Waals surface area contributed by atoms with Gasteiger partial charge in [-0.25, -0.2) is 4.98 Å². The molecule has 0 bridgehead atoms. The highest BCUT2D eigenvalue weighted by Crippen LogP contribution is 2.28. The smallest absolute Gasteiger partial charge is 0.248 e. The van der Waals surface area contributed by atoms with Gasteiger partial charge in [0, 0.05) is 30.5 Å². The number of primary amides is 1. The van der Waals surface area contributed by atoms with Gasteiger partial charge in [-0.3, -0.25) is 4.79 Å². The van der Waals surface area contributed by atoms with Gasteiger partial charge in [0.05, 0.1) is 0 Å². The van der Waals surface area contributed by atoms with Crippen LogP contribution in [-0.4, -0.2) is 10.9 Å². The molecule has 5 heteroatoms. The van der Waals surface area contributed by atoms with Crippen molar-refractivity contribution in [3.8, 4) is 0 Å². The first-order chi connectivity index (χ1) is 9.13. The summed E-state index contributed by atoms with van der Waals surface area (Å²) in [5.74, 6) is 0.315. The lowest BCUT2D eigenvalue weighted by Gasteiger charge is -2.16. The fourth-order valence-corrected chi connectivity index (χ4v) is 2.32. The minimum atomic E-state index is -0.440. The molecule has 1 aliphatic heterocycles. The Morgan fingerprint density at radius 1 is 1.16 bits per heavy atom. The monoisotopic (exact) mass is 254 g/mol. The predicted octanol–water partition coefficient (Wildman–Crippen LogP) is 1.28. The average molecular weight is 254 g/mol. The van der Waals surface area contributed by atoms with Crippen molar-refractivity contribution in [1.29, 1.82) is 0 Å². The zero-order chi connectivity index (χ0) is 13.4. The van der Waals surface area contributed by atoms with Crippen LogP contribution in [0.2, 0.25) is 0 Å². The number of nitrogens with two attached hydrogens (primary N) is 2. The van der Waals surface area contributed by atoms with Gasteiger partial charge in [-0.05, 0) is 35.4 Å². The molecule has 0 unspecified atom stereocenters. The van der Waals surface area contributed by atoms with E-state index in [1.165, 1.54) is 11.1 Å². The lowest BCUT2D eigenvalue weighted by molar-refractivity contribution is 0.1000. The highest BCUT2D eigenvalue weighted by Gasteiger charge is 2.20. The van der Waals surface area contributed by atoms with Crippen LogP contribution in [0.3, 0.4) is 0 Å². The highest BCUT2D eigenvalue weighted by molar-refractivity contribution is 5.93. The van der Waals surface area contributed by atoms with E-state index in [1.807, 2.05) is 18.2 Å². The standard InChI is InChI=1S/C14H14N4O/c15-12-2-1-10-7-18(8-11(10)5-12)13-6-9(14(16)19)3-4-17-13/h1-6H,7-8,15H2,(H2,16,19). The SMILES string of the molecule is NC(=O)c1ccnc(N2Cc3ccc(N)cc3C2)c1. The molecule has 0 radical (unpaired) electrons. The number of hydrogen-bond donors (Lipinski definition) is 2. The summed E-state index contributed by atoms with van der Waals surface area (Å²) in [7, 11) is 0. The number of amides is 1. The maximum absolute atomic E-state index is 11.2. The largest absolute Gasteiger partial charge is 0.399 e. The number of aromatic nitrogens is 1. The second-order valence-electron chi connectivity index (χ2n) is 4.65. The summed E-state index contributed by atoms with van der Waals surface area (Å²) in [6, 6.07) is 9.25. The first kappa shape index (κ1) is 11.5. The second-order valence-corrected chi connectivity index (χ2v) is 4.65. The highest BCUT2D eigenvalue weighted by atomic mass is 16.1. The Morgan fingerprint density at radius 3 is 2.74 bits per heavy atom. The zero-order valence-corrected chi connectivity index (χ0v) is 10.3. The molecule has 0 saturated carbocycles. The lowest BCUT2D eigenvalue weighted by atomic mass is 10.1. The van der Waals surface area contributed by atoms with Gasteiger partial charge in [-0.1, -0.05) is 6.07 Å². The van der Waals surface area contributed by atoms with Crippen LogP contribution in [0.15, 0.2) is 36.5 Å². The Bertz CT molecular complexity index is 654. The number of nitrogens with zero attached hydrogens (tertiary/aromatic N) is 2. The summed E-state index contributed by atoms with van der Waals surface area (Å²) in [5.41, 5.74) is 14.7. The van der Waals surface area contributed by atoms with Crippen molar-refractivity contribution in [1.82, 2.24) is 4.98 Å². The minimum Gasteiger partial charge on any atom is -0.399 e. The molecule has 1 aromatic carbocycles. The predicted molar refractivity (Wildman–Crippen MR) is 73.5 cm³/mol. The molecular formula is C14H14N4O. The molecule has 96 valence electrons. The first-order valence-electron chi connectivity index (χ1n) is 6.01. The summed E-state index contributed by atoms with van der Waals surface area (Å²) in [6.07, 6.45) is 1.60. The van der Waals surface area contributed by atoms with Gasteiger partial charge < -0.3 is 16.4 Å². The topological polar surface area (TPSA) is 85.2 Å². The summed E-state index contributed by atoms with van der Waals surface area (Å²) in [4.78, 5) is 17.6. The van der Waals surface area contributed by atoms with E-state index in [9.17, 15) is 4.79 Å². The van der Waals surface area contributed by atoms with Crippen LogP contribution in [0.4, 0.5) is 11.5 Å². The van der Waals surface area contributed by atoms with Crippen LogP contribution in [0.5, 0.6) is 0 Å². The van der Waals surface area contributed by atoms with Gasteiger partial charge in [0.1, 0.15) is 5.82 Å². The molecule has 0 atom stereocenters. The summed E-state index contributed by atoms with van der Waals surface area (Å²) < 4.78 is 0. The molecule has 2 heterocycles. The molecule has 1 aromatic heterocycles.